The Bertz CT molecular complexity index is 511. The summed E-state index contributed by atoms with van der Waals surface area (Å²) in [5, 5.41) is 0. The second-order valence-electron chi connectivity index (χ2n) is 3.61. The molecule has 0 saturated heterocycles. The molecule has 0 aliphatic carbocycles. The number of oxazole rings is 1. The number of aryl methyl sites for hydroxylation is 1. The van der Waals surface area contributed by atoms with Gasteiger partial charge in [0.05, 0.1) is 11.8 Å². The second-order valence-corrected chi connectivity index (χ2v) is 3.61. The van der Waals surface area contributed by atoms with E-state index in [9.17, 15) is 8.78 Å². The number of hydrogen-bond acceptors (Lipinski definition) is 3. The van der Waals surface area contributed by atoms with Gasteiger partial charge < -0.3 is 10.2 Å². The summed E-state index contributed by atoms with van der Waals surface area (Å²) in [5.41, 5.74) is 5.44. The van der Waals surface area contributed by atoms with Gasteiger partial charge in [-0.2, -0.15) is 0 Å². The van der Waals surface area contributed by atoms with Gasteiger partial charge in [-0.15, -0.1) is 0 Å². The Kier molecular flexibility index (Phi) is 3.49. The smallest absolute Gasteiger partial charge is 0.194 e. The highest BCUT2D eigenvalue weighted by Gasteiger charge is 2.13. The third-order valence-electron chi connectivity index (χ3n) is 2.37. The number of nitrogens with zero attached hydrogens (tertiary/aromatic N) is 1. The summed E-state index contributed by atoms with van der Waals surface area (Å²) in [6.45, 7) is 0.534. The number of hydrogen-bond donors (Lipinski definition) is 1. The maximum atomic E-state index is 13.5. The molecule has 3 nitrogen and oxygen atoms in total. The van der Waals surface area contributed by atoms with Crippen LogP contribution in [0.2, 0.25) is 0 Å². The minimum atomic E-state index is -0.922. The molecule has 90 valence electrons. The van der Waals surface area contributed by atoms with E-state index in [4.69, 9.17) is 10.2 Å². The van der Waals surface area contributed by atoms with Crippen LogP contribution in [0.5, 0.6) is 0 Å². The number of aromatic nitrogens is 1. The van der Waals surface area contributed by atoms with E-state index in [0.717, 1.165) is 12.5 Å². The molecule has 0 spiro atoms. The molecule has 0 atom stereocenters. The Labute approximate surface area is 97.3 Å². The minimum Gasteiger partial charge on any atom is -0.441 e. The number of halogens is 2. The van der Waals surface area contributed by atoms with Crippen molar-refractivity contribution in [3.8, 4) is 11.3 Å². The van der Waals surface area contributed by atoms with Crippen LogP contribution in [0.3, 0.4) is 0 Å². The molecular weight excluding hydrogens is 226 g/mol. The van der Waals surface area contributed by atoms with Crippen molar-refractivity contribution in [1.82, 2.24) is 4.98 Å². The van der Waals surface area contributed by atoms with E-state index in [1.807, 2.05) is 0 Å². The van der Waals surface area contributed by atoms with Crippen LogP contribution in [0.1, 0.15) is 12.3 Å². The average Bonchev–Trinajstić information content (AvgIpc) is 2.78. The first-order valence-corrected chi connectivity index (χ1v) is 5.31. The molecule has 0 amide bonds. The molecule has 1 heterocycles. The van der Waals surface area contributed by atoms with E-state index in [1.165, 1.54) is 18.3 Å². The summed E-state index contributed by atoms with van der Waals surface area (Å²) >= 11 is 0. The molecule has 17 heavy (non-hydrogen) atoms. The summed E-state index contributed by atoms with van der Waals surface area (Å²) in [5.74, 6) is -1.11. The van der Waals surface area contributed by atoms with E-state index >= 15 is 0 Å². The second kappa shape index (κ2) is 5.05. The lowest BCUT2D eigenvalue weighted by atomic mass is 10.2. The van der Waals surface area contributed by atoms with Crippen molar-refractivity contribution in [3.63, 3.8) is 0 Å². The highest BCUT2D eigenvalue weighted by molar-refractivity contribution is 5.57. The predicted octanol–water partition coefficient (Wildman–Crippen LogP) is 2.51. The van der Waals surface area contributed by atoms with Crippen LogP contribution >= 0.6 is 0 Å². The summed E-state index contributed by atoms with van der Waals surface area (Å²) in [6, 6.07) is 3.94. The van der Waals surface area contributed by atoms with Crippen LogP contribution in [0.15, 0.2) is 28.8 Å². The van der Waals surface area contributed by atoms with E-state index < -0.39 is 11.6 Å². The maximum Gasteiger partial charge on any atom is 0.194 e. The zero-order valence-corrected chi connectivity index (χ0v) is 9.12. The molecule has 5 heteroatoms. The monoisotopic (exact) mass is 238 g/mol. The molecule has 0 unspecified atom stereocenters. The van der Waals surface area contributed by atoms with Gasteiger partial charge in [0.1, 0.15) is 0 Å². The fraction of sp³-hybridized carbons (Fsp3) is 0.250. The molecule has 0 bridgehead atoms. The third kappa shape index (κ3) is 2.50. The molecule has 0 aliphatic rings. The first kappa shape index (κ1) is 11.7. The standard InChI is InChI=1S/C12H12F2N2O/c13-9-4-1-3-8(12(9)14)10-7-16-11(17-10)5-2-6-15/h1,3-4,7H,2,5-6,15H2. The van der Waals surface area contributed by atoms with Crippen molar-refractivity contribution >= 4 is 0 Å². The fourth-order valence-electron chi connectivity index (χ4n) is 1.50. The van der Waals surface area contributed by atoms with Gasteiger partial charge in [-0.05, 0) is 25.1 Å². The van der Waals surface area contributed by atoms with Crippen molar-refractivity contribution in [1.29, 1.82) is 0 Å². The lowest BCUT2D eigenvalue weighted by Gasteiger charge is -1.99. The van der Waals surface area contributed by atoms with E-state index in [2.05, 4.69) is 4.98 Å². The van der Waals surface area contributed by atoms with Crippen LogP contribution < -0.4 is 5.73 Å². The number of nitrogens with two attached hydrogens (primary N) is 1. The van der Waals surface area contributed by atoms with Crippen LogP contribution in [0, 0.1) is 11.6 Å². The maximum absolute atomic E-state index is 13.5. The lowest BCUT2D eigenvalue weighted by molar-refractivity contribution is 0.484. The molecule has 0 aliphatic heterocycles. The zero-order valence-electron chi connectivity index (χ0n) is 9.12. The van der Waals surface area contributed by atoms with Crippen molar-refractivity contribution in [2.45, 2.75) is 12.8 Å². The van der Waals surface area contributed by atoms with Gasteiger partial charge in [0.15, 0.2) is 23.3 Å². The summed E-state index contributed by atoms with van der Waals surface area (Å²) < 4.78 is 31.8. The highest BCUT2D eigenvalue weighted by Crippen LogP contribution is 2.25. The summed E-state index contributed by atoms with van der Waals surface area (Å²) in [6.07, 6.45) is 2.72. The van der Waals surface area contributed by atoms with E-state index in [-0.39, 0.29) is 11.3 Å². The Balaban J connectivity index is 2.27. The molecule has 0 radical (unpaired) electrons. The lowest BCUT2D eigenvalue weighted by Crippen LogP contribution is -2.00. The largest absolute Gasteiger partial charge is 0.441 e. The fourth-order valence-corrected chi connectivity index (χ4v) is 1.50. The first-order valence-electron chi connectivity index (χ1n) is 5.31. The van der Waals surface area contributed by atoms with Crippen molar-refractivity contribution in [3.05, 3.63) is 41.9 Å². The molecule has 2 aromatic rings. The Morgan fingerprint density at radius 3 is 2.88 bits per heavy atom. The van der Waals surface area contributed by atoms with Crippen molar-refractivity contribution < 1.29 is 13.2 Å². The quantitative estimate of drug-likeness (QED) is 0.890. The molecule has 0 fully saturated rings. The SMILES string of the molecule is NCCCc1ncc(-c2cccc(F)c2F)o1. The molecule has 0 saturated carbocycles. The van der Waals surface area contributed by atoms with Gasteiger partial charge in [0.25, 0.3) is 0 Å². The Morgan fingerprint density at radius 1 is 1.29 bits per heavy atom. The first-order chi connectivity index (χ1) is 8.22. The number of benzene rings is 1. The molecule has 1 aromatic carbocycles. The van der Waals surface area contributed by atoms with Gasteiger partial charge >= 0.3 is 0 Å². The van der Waals surface area contributed by atoms with Crippen LogP contribution in [0.25, 0.3) is 11.3 Å². The molecule has 1 aromatic heterocycles. The van der Waals surface area contributed by atoms with Gasteiger partial charge in [0, 0.05) is 6.42 Å². The zero-order chi connectivity index (χ0) is 12.3. The Hall–Kier alpha value is -1.75. The highest BCUT2D eigenvalue weighted by atomic mass is 19.2. The number of rotatable bonds is 4. The summed E-state index contributed by atoms with van der Waals surface area (Å²) in [4.78, 5) is 3.99. The van der Waals surface area contributed by atoms with Gasteiger partial charge in [-0.25, -0.2) is 13.8 Å². The minimum absolute atomic E-state index is 0.0801. The van der Waals surface area contributed by atoms with Crippen molar-refractivity contribution in [2.24, 2.45) is 5.73 Å². The average molecular weight is 238 g/mol. The topological polar surface area (TPSA) is 52.0 Å². The summed E-state index contributed by atoms with van der Waals surface area (Å²) in [7, 11) is 0. The normalized spacial score (nSPS) is 10.8. The van der Waals surface area contributed by atoms with Crippen LogP contribution in [-0.2, 0) is 6.42 Å². The van der Waals surface area contributed by atoms with E-state index in [1.54, 1.807) is 0 Å². The molecule has 2 rings (SSSR count). The molecular formula is C12H12F2N2O. The molecule has 2 N–H and O–H groups in total. The van der Waals surface area contributed by atoms with Crippen molar-refractivity contribution in [2.75, 3.05) is 6.54 Å². The van der Waals surface area contributed by atoms with Crippen LogP contribution in [0.4, 0.5) is 8.78 Å². The van der Waals surface area contributed by atoms with Crippen LogP contribution in [-0.4, -0.2) is 11.5 Å². The predicted molar refractivity (Wildman–Crippen MR) is 59.2 cm³/mol. The van der Waals surface area contributed by atoms with E-state index in [0.29, 0.717) is 18.9 Å². The van der Waals surface area contributed by atoms with Gasteiger partial charge in [-0.1, -0.05) is 6.07 Å². The third-order valence-corrected chi connectivity index (χ3v) is 2.37. The Morgan fingerprint density at radius 2 is 2.12 bits per heavy atom. The van der Waals surface area contributed by atoms with Gasteiger partial charge in [0.2, 0.25) is 0 Å². The van der Waals surface area contributed by atoms with Gasteiger partial charge in [-0.3, -0.25) is 0 Å².